The molecule has 0 amide bonds. The van der Waals surface area contributed by atoms with E-state index in [1.54, 1.807) is 0 Å². The Kier molecular flexibility index (Phi) is 32.8. The molecule has 0 aromatic rings. The molecule has 15 heteroatoms. The van der Waals surface area contributed by atoms with Crippen molar-refractivity contribution in [2.45, 2.75) is 248 Å². The quantitative estimate of drug-likeness (QED) is 0.0216. The van der Waals surface area contributed by atoms with Crippen LogP contribution in [0.2, 0.25) is 0 Å². The number of hydrogen-bond donors (Lipinski definition) is 7. The van der Waals surface area contributed by atoms with Gasteiger partial charge < -0.3 is 64.2 Å². The van der Waals surface area contributed by atoms with E-state index in [2.05, 4.69) is 31.7 Å². The van der Waals surface area contributed by atoms with E-state index >= 15 is 0 Å². The van der Waals surface area contributed by atoms with Gasteiger partial charge in [-0.25, -0.2) is 0 Å². The highest BCUT2D eigenvalue weighted by atomic mass is 16.7. The number of aliphatic hydroxyl groups excluding tert-OH is 7. The highest BCUT2D eigenvalue weighted by Gasteiger charge is 2.47. The average Bonchev–Trinajstić information content (AvgIpc) is 3.28. The maximum Gasteiger partial charge on any atom is 0.306 e. The molecule has 4 unspecified atom stereocenters. The van der Waals surface area contributed by atoms with E-state index in [1.165, 1.54) is 83.5 Å². The van der Waals surface area contributed by atoms with Gasteiger partial charge in [-0.15, -0.1) is 5.73 Å². The van der Waals surface area contributed by atoms with E-state index in [0.717, 1.165) is 57.8 Å². The van der Waals surface area contributed by atoms with Gasteiger partial charge in [0, 0.05) is 12.8 Å². The third kappa shape index (κ3) is 24.9. The number of rotatable bonds is 37. The first-order valence-corrected chi connectivity index (χ1v) is 24.5. The number of unbranched alkanes of at least 4 members (excludes halogenated alkanes) is 21. The van der Waals surface area contributed by atoms with Crippen molar-refractivity contribution in [2.75, 3.05) is 26.4 Å². The summed E-state index contributed by atoms with van der Waals surface area (Å²) >= 11 is 0. The molecule has 0 saturated carbocycles. The lowest BCUT2D eigenvalue weighted by molar-refractivity contribution is -0.332. The largest absolute Gasteiger partial charge is 0.462 e. The molecule has 11 atom stereocenters. The van der Waals surface area contributed by atoms with Crippen LogP contribution in [0.4, 0.5) is 0 Å². The van der Waals surface area contributed by atoms with E-state index in [1.807, 2.05) is 0 Å². The minimum absolute atomic E-state index is 0.148. The molecule has 0 aliphatic carbocycles. The molecule has 0 aromatic carbocycles. The molecule has 2 heterocycles. The van der Waals surface area contributed by atoms with Gasteiger partial charge in [-0.1, -0.05) is 129 Å². The Hall–Kier alpha value is -1.98. The van der Waals surface area contributed by atoms with Crippen LogP contribution >= 0.6 is 0 Å². The first-order valence-electron chi connectivity index (χ1n) is 24.5. The third-order valence-electron chi connectivity index (χ3n) is 11.8. The fraction of sp³-hybridized carbons (Fsp3) is 0.896. The van der Waals surface area contributed by atoms with Gasteiger partial charge in [0.25, 0.3) is 0 Å². The van der Waals surface area contributed by atoms with Crippen LogP contribution in [0.25, 0.3) is 0 Å². The molecule has 0 spiro atoms. The molecule has 7 N–H and O–H groups in total. The van der Waals surface area contributed by atoms with Crippen molar-refractivity contribution in [3.8, 4) is 0 Å². The van der Waals surface area contributed by atoms with Gasteiger partial charge in [-0.05, 0) is 50.7 Å². The smallest absolute Gasteiger partial charge is 0.306 e. The van der Waals surface area contributed by atoms with Gasteiger partial charge >= 0.3 is 11.9 Å². The summed E-state index contributed by atoms with van der Waals surface area (Å²) in [6.07, 6.45) is 14.5. The molecule has 368 valence electrons. The number of ether oxygens (including phenoxy) is 6. The Morgan fingerprint density at radius 2 is 0.952 bits per heavy atom. The third-order valence-corrected chi connectivity index (χ3v) is 11.8. The lowest BCUT2D eigenvalue weighted by Crippen LogP contribution is -2.61. The van der Waals surface area contributed by atoms with Gasteiger partial charge in [0.1, 0.15) is 55.4 Å². The van der Waals surface area contributed by atoms with Crippen LogP contribution in [0.15, 0.2) is 17.9 Å². The van der Waals surface area contributed by atoms with Crippen LogP contribution in [0, 0.1) is 0 Å². The van der Waals surface area contributed by atoms with E-state index < -0.39 is 92.7 Å². The molecule has 2 aliphatic heterocycles. The Morgan fingerprint density at radius 1 is 0.524 bits per heavy atom. The second kappa shape index (κ2) is 36.2. The fourth-order valence-corrected chi connectivity index (χ4v) is 7.66. The van der Waals surface area contributed by atoms with Crippen LogP contribution in [0.5, 0.6) is 0 Å². The predicted molar refractivity (Wildman–Crippen MR) is 237 cm³/mol. The van der Waals surface area contributed by atoms with E-state index in [0.29, 0.717) is 12.8 Å². The minimum atomic E-state index is -1.76. The van der Waals surface area contributed by atoms with Gasteiger partial charge in [-0.2, -0.15) is 0 Å². The molecular weight excluding hydrogens is 817 g/mol. The van der Waals surface area contributed by atoms with Gasteiger partial charge in [0.2, 0.25) is 0 Å². The maximum atomic E-state index is 13.0. The van der Waals surface area contributed by atoms with Crippen LogP contribution in [0.1, 0.15) is 181 Å². The Bertz CT molecular complexity index is 1210. The van der Waals surface area contributed by atoms with Crippen molar-refractivity contribution < 1.29 is 73.8 Å². The summed E-state index contributed by atoms with van der Waals surface area (Å²) in [6.45, 7) is 2.55. The summed E-state index contributed by atoms with van der Waals surface area (Å²) in [6, 6.07) is 0. The second-order valence-electron chi connectivity index (χ2n) is 17.4. The Morgan fingerprint density at radius 3 is 1.46 bits per heavy atom. The molecule has 15 nitrogen and oxygen atoms in total. The van der Waals surface area contributed by atoms with Crippen molar-refractivity contribution in [1.82, 2.24) is 0 Å². The highest BCUT2D eigenvalue weighted by Crippen LogP contribution is 2.26. The van der Waals surface area contributed by atoms with Gasteiger partial charge in [0.15, 0.2) is 18.7 Å². The van der Waals surface area contributed by atoms with E-state index in [-0.39, 0.29) is 26.1 Å². The highest BCUT2D eigenvalue weighted by molar-refractivity contribution is 5.70. The molecule has 0 aromatic heterocycles. The van der Waals surface area contributed by atoms with Crippen LogP contribution in [-0.4, -0.2) is 142 Å². The number of aliphatic hydroxyl groups is 7. The number of carbonyl (C=O) groups excluding carboxylic acids is 2. The van der Waals surface area contributed by atoms with Crippen LogP contribution < -0.4 is 0 Å². The number of allylic oxidation sites excluding steroid dienone is 1. The number of hydrogen-bond acceptors (Lipinski definition) is 15. The molecule has 0 radical (unpaired) electrons. The zero-order chi connectivity index (χ0) is 46.1. The summed E-state index contributed by atoms with van der Waals surface area (Å²) in [5, 5.41) is 71.9. The second-order valence-corrected chi connectivity index (χ2v) is 17.4. The summed E-state index contributed by atoms with van der Waals surface area (Å²) < 4.78 is 33.5. The van der Waals surface area contributed by atoms with Crippen LogP contribution in [-0.2, 0) is 38.0 Å². The molecular formula is C48H86O15. The van der Waals surface area contributed by atoms with Crippen molar-refractivity contribution >= 4 is 11.9 Å². The van der Waals surface area contributed by atoms with Gasteiger partial charge in [0.05, 0.1) is 19.8 Å². The standard InChI is InChI=1S/C48H86O15/c1-3-5-7-9-11-13-15-17-18-19-21-23-25-27-29-31-40(51)61-36(33-58-39(50)30-28-26-24-22-20-16-14-12-10-8-6-4-2)34-59-47-46(57)44(55)42(53)38(63-47)35-60-48-45(56)43(54)41(52)37(32-49)62-48/h15,18,36-38,41-49,52-57H,3-14,16,19-35H2,1-2H3/t17?,36-,37-,38-,41+,42+,43?,44?,45?,46?,47-,48-/m1/s1. The lowest BCUT2D eigenvalue weighted by Gasteiger charge is -2.42. The molecule has 2 saturated heterocycles. The summed E-state index contributed by atoms with van der Waals surface area (Å²) in [7, 11) is 0. The number of carbonyl (C=O) groups is 2. The SMILES string of the molecule is CCCCCCCC=C=CCCCCCCCC(=O)O[C@H](COC(=O)CCCCCCCCCCCCCC)CO[C@@H]1O[C@H](CO[C@@H]2O[C@H](CO)[C@H](O)C(O)C2O)[C@H](O)C(O)C1O. The summed E-state index contributed by atoms with van der Waals surface area (Å²) in [5.74, 6) is -0.941. The number of esters is 2. The maximum absolute atomic E-state index is 13.0. The molecule has 63 heavy (non-hydrogen) atoms. The topological polar surface area (TPSA) is 231 Å². The first kappa shape index (κ1) is 57.1. The van der Waals surface area contributed by atoms with E-state index in [4.69, 9.17) is 28.4 Å². The van der Waals surface area contributed by atoms with Crippen molar-refractivity contribution in [3.05, 3.63) is 17.9 Å². The molecule has 2 rings (SSSR count). The van der Waals surface area contributed by atoms with Crippen molar-refractivity contribution in [3.63, 3.8) is 0 Å². The zero-order valence-corrected chi connectivity index (χ0v) is 38.6. The van der Waals surface area contributed by atoms with Crippen molar-refractivity contribution in [2.24, 2.45) is 0 Å². The zero-order valence-electron chi connectivity index (χ0n) is 38.6. The average molecular weight is 903 g/mol. The monoisotopic (exact) mass is 903 g/mol. The normalized spacial score (nSPS) is 26.5. The van der Waals surface area contributed by atoms with Crippen molar-refractivity contribution in [1.29, 1.82) is 0 Å². The Labute approximate surface area is 377 Å². The minimum Gasteiger partial charge on any atom is -0.462 e. The Balaban J connectivity index is 1.84. The lowest BCUT2D eigenvalue weighted by atomic mass is 9.98. The van der Waals surface area contributed by atoms with Gasteiger partial charge in [-0.3, -0.25) is 9.59 Å². The molecule has 0 bridgehead atoms. The predicted octanol–water partition coefficient (Wildman–Crippen LogP) is 5.98. The molecule has 2 fully saturated rings. The summed E-state index contributed by atoms with van der Waals surface area (Å²) in [4.78, 5) is 25.7. The van der Waals surface area contributed by atoms with E-state index in [9.17, 15) is 45.3 Å². The molecule has 2 aliphatic rings. The fourth-order valence-electron chi connectivity index (χ4n) is 7.66. The first-order chi connectivity index (χ1) is 30.5. The summed E-state index contributed by atoms with van der Waals surface area (Å²) in [5.41, 5.74) is 3.28. The van der Waals surface area contributed by atoms with Crippen LogP contribution in [0.3, 0.4) is 0 Å².